The number of aryl methyl sites for hydroxylation is 1. The number of esters is 1. The highest BCUT2D eigenvalue weighted by Gasteiger charge is 2.36. The molecule has 1 aliphatic heterocycles. The van der Waals surface area contributed by atoms with Gasteiger partial charge in [0.15, 0.2) is 0 Å². The molecule has 8 nitrogen and oxygen atoms in total. The van der Waals surface area contributed by atoms with Gasteiger partial charge in [-0.3, -0.25) is 0 Å². The first kappa shape index (κ1) is 16.4. The Morgan fingerprint density at radius 3 is 2.84 bits per heavy atom. The number of allylic oxidation sites excluding steroid dienone is 1. The number of ether oxygens (including phenoxy) is 2. The van der Waals surface area contributed by atoms with Crippen molar-refractivity contribution in [3.05, 3.63) is 62.9 Å². The monoisotopic (exact) mass is 342 g/mol. The van der Waals surface area contributed by atoms with E-state index in [1.165, 1.54) is 18.2 Å². The zero-order valence-electron chi connectivity index (χ0n) is 13.5. The van der Waals surface area contributed by atoms with Gasteiger partial charge in [0.25, 0.3) is 0 Å². The van der Waals surface area contributed by atoms with Gasteiger partial charge in [0.1, 0.15) is 28.9 Å². The largest absolute Gasteiger partial charge is 0.460 e. The van der Waals surface area contributed by atoms with Gasteiger partial charge >= 0.3 is 11.6 Å². The van der Waals surface area contributed by atoms with Crippen LogP contribution in [0.4, 0.5) is 0 Å². The molecule has 1 atom stereocenters. The van der Waals surface area contributed by atoms with E-state index >= 15 is 0 Å². The molecule has 0 aliphatic carbocycles. The van der Waals surface area contributed by atoms with E-state index in [0.717, 1.165) is 0 Å². The highest BCUT2D eigenvalue weighted by Crippen LogP contribution is 2.41. The molecule has 25 heavy (non-hydrogen) atoms. The molecule has 0 bridgehead atoms. The van der Waals surface area contributed by atoms with E-state index in [1.807, 2.05) is 6.07 Å². The highest BCUT2D eigenvalue weighted by atomic mass is 16.5. The predicted octanol–water partition coefficient (Wildman–Crippen LogP) is 1.94. The molecule has 0 aromatic carbocycles. The number of hydrogen-bond donors (Lipinski definition) is 1. The van der Waals surface area contributed by atoms with Crippen LogP contribution in [-0.2, 0) is 4.74 Å². The zero-order chi connectivity index (χ0) is 18.1. The number of furan rings is 1. The van der Waals surface area contributed by atoms with Crippen molar-refractivity contribution in [2.75, 3.05) is 6.61 Å². The van der Waals surface area contributed by atoms with Gasteiger partial charge in [0.2, 0.25) is 11.6 Å². The first-order valence-corrected chi connectivity index (χ1v) is 7.45. The molecule has 3 heterocycles. The van der Waals surface area contributed by atoms with Gasteiger partial charge in [0, 0.05) is 6.07 Å². The summed E-state index contributed by atoms with van der Waals surface area (Å²) in [5, 5.41) is 9.43. The minimum absolute atomic E-state index is 0.00610. The lowest BCUT2D eigenvalue weighted by Gasteiger charge is -2.23. The van der Waals surface area contributed by atoms with Crippen molar-refractivity contribution < 1.29 is 23.1 Å². The van der Waals surface area contributed by atoms with Crippen LogP contribution in [0.25, 0.3) is 0 Å². The Hall–Kier alpha value is -3.47. The van der Waals surface area contributed by atoms with E-state index < -0.39 is 17.5 Å². The minimum Gasteiger partial charge on any atom is -0.460 e. The maximum atomic E-state index is 12.3. The van der Waals surface area contributed by atoms with E-state index in [4.69, 9.17) is 24.0 Å². The molecule has 0 fully saturated rings. The SMILES string of the molecule is CCOC(=O)c1ccc(C2C(C#N)=C(N)Oc3cc(C)oc(=O)c32)o1. The van der Waals surface area contributed by atoms with Gasteiger partial charge in [-0.15, -0.1) is 0 Å². The van der Waals surface area contributed by atoms with Crippen LogP contribution >= 0.6 is 0 Å². The van der Waals surface area contributed by atoms with Gasteiger partial charge in [0.05, 0.1) is 18.1 Å². The quantitative estimate of drug-likeness (QED) is 0.838. The fraction of sp³-hybridized carbons (Fsp3) is 0.235. The van der Waals surface area contributed by atoms with Crippen molar-refractivity contribution in [2.24, 2.45) is 5.73 Å². The van der Waals surface area contributed by atoms with E-state index in [1.54, 1.807) is 13.8 Å². The van der Waals surface area contributed by atoms with Gasteiger partial charge < -0.3 is 24.0 Å². The standard InChI is InChI=1S/C17H14N2O6/c1-3-22-16(20)11-5-4-10(24-11)13-9(7-18)15(19)25-12-6-8(2)23-17(21)14(12)13/h4-6,13H,3,19H2,1-2H3. The first-order chi connectivity index (χ1) is 12.0. The molecule has 0 amide bonds. The molecule has 2 aromatic heterocycles. The van der Waals surface area contributed by atoms with E-state index in [2.05, 4.69) is 0 Å². The topological polar surface area (TPSA) is 129 Å². The molecule has 2 N–H and O–H groups in total. The van der Waals surface area contributed by atoms with Gasteiger partial charge in [-0.2, -0.15) is 5.26 Å². The normalized spacial score (nSPS) is 16.0. The van der Waals surface area contributed by atoms with Crippen molar-refractivity contribution in [3.63, 3.8) is 0 Å². The molecule has 128 valence electrons. The molecule has 2 aromatic rings. The van der Waals surface area contributed by atoms with Crippen LogP contribution in [0.5, 0.6) is 5.75 Å². The Balaban J connectivity index is 2.16. The van der Waals surface area contributed by atoms with Crippen molar-refractivity contribution in [1.29, 1.82) is 5.26 Å². The molecule has 1 unspecified atom stereocenters. The van der Waals surface area contributed by atoms with Crippen LogP contribution in [0.3, 0.4) is 0 Å². The summed E-state index contributed by atoms with van der Waals surface area (Å²) in [6.07, 6.45) is 0. The number of nitrogens with two attached hydrogens (primary N) is 1. The molecule has 3 rings (SSSR count). The first-order valence-electron chi connectivity index (χ1n) is 7.45. The molecular formula is C17H14N2O6. The lowest BCUT2D eigenvalue weighted by molar-refractivity contribution is 0.0488. The van der Waals surface area contributed by atoms with E-state index in [-0.39, 0.29) is 40.9 Å². The third-order valence-electron chi connectivity index (χ3n) is 3.64. The highest BCUT2D eigenvalue weighted by molar-refractivity contribution is 5.86. The van der Waals surface area contributed by atoms with Crippen LogP contribution in [-0.4, -0.2) is 12.6 Å². The van der Waals surface area contributed by atoms with Crippen molar-refractivity contribution >= 4 is 5.97 Å². The Morgan fingerprint density at radius 2 is 2.16 bits per heavy atom. The Morgan fingerprint density at radius 1 is 1.40 bits per heavy atom. The average molecular weight is 342 g/mol. The van der Waals surface area contributed by atoms with Crippen LogP contribution < -0.4 is 16.1 Å². The maximum absolute atomic E-state index is 12.3. The second kappa shape index (κ2) is 6.20. The summed E-state index contributed by atoms with van der Waals surface area (Å²) in [5.41, 5.74) is 5.22. The van der Waals surface area contributed by atoms with Gasteiger partial charge in [-0.25, -0.2) is 9.59 Å². The Labute approximate surface area is 142 Å². The number of carbonyl (C=O) groups is 1. The molecule has 0 saturated carbocycles. The lowest BCUT2D eigenvalue weighted by atomic mass is 9.88. The molecule has 0 saturated heterocycles. The van der Waals surface area contributed by atoms with Gasteiger partial charge in [-0.1, -0.05) is 0 Å². The number of carbonyl (C=O) groups excluding carboxylic acids is 1. The smallest absolute Gasteiger partial charge is 0.374 e. The van der Waals surface area contributed by atoms with Crippen LogP contribution in [0.15, 0.2) is 43.3 Å². The van der Waals surface area contributed by atoms with Crippen LogP contribution in [0.2, 0.25) is 0 Å². The Kier molecular flexibility index (Phi) is 4.07. The van der Waals surface area contributed by atoms with Crippen LogP contribution in [0.1, 0.15) is 40.5 Å². The van der Waals surface area contributed by atoms with Crippen molar-refractivity contribution in [2.45, 2.75) is 19.8 Å². The molecule has 8 heteroatoms. The van der Waals surface area contributed by atoms with Crippen molar-refractivity contribution in [3.8, 4) is 11.8 Å². The number of hydrogen-bond acceptors (Lipinski definition) is 8. The summed E-state index contributed by atoms with van der Waals surface area (Å²) in [4.78, 5) is 24.1. The molecule has 1 aliphatic rings. The van der Waals surface area contributed by atoms with Crippen LogP contribution in [0, 0.1) is 18.3 Å². The number of nitriles is 1. The Bertz CT molecular complexity index is 976. The second-order valence-electron chi connectivity index (χ2n) is 5.27. The van der Waals surface area contributed by atoms with E-state index in [0.29, 0.717) is 5.76 Å². The van der Waals surface area contributed by atoms with Gasteiger partial charge in [-0.05, 0) is 26.0 Å². The maximum Gasteiger partial charge on any atom is 0.374 e. The third kappa shape index (κ3) is 2.76. The van der Waals surface area contributed by atoms with Crippen molar-refractivity contribution in [1.82, 2.24) is 0 Å². The summed E-state index contributed by atoms with van der Waals surface area (Å²) >= 11 is 0. The third-order valence-corrected chi connectivity index (χ3v) is 3.64. The number of fused-ring (bicyclic) bond motifs is 1. The number of rotatable bonds is 3. The fourth-order valence-electron chi connectivity index (χ4n) is 2.62. The lowest BCUT2D eigenvalue weighted by Crippen LogP contribution is -2.26. The minimum atomic E-state index is -0.936. The molecular weight excluding hydrogens is 328 g/mol. The summed E-state index contributed by atoms with van der Waals surface area (Å²) in [7, 11) is 0. The van der Waals surface area contributed by atoms with E-state index in [9.17, 15) is 14.9 Å². The summed E-state index contributed by atoms with van der Waals surface area (Å²) in [6.45, 7) is 3.45. The molecule has 0 radical (unpaired) electrons. The fourth-order valence-corrected chi connectivity index (χ4v) is 2.62. The average Bonchev–Trinajstić information content (AvgIpc) is 3.03. The zero-order valence-corrected chi connectivity index (χ0v) is 13.5. The molecule has 0 spiro atoms. The summed E-state index contributed by atoms with van der Waals surface area (Å²) in [5.74, 6) is -1.06. The number of nitrogens with zero attached hydrogens (tertiary/aromatic N) is 1. The summed E-state index contributed by atoms with van der Waals surface area (Å²) in [6, 6.07) is 6.31. The second-order valence-corrected chi connectivity index (χ2v) is 5.27. The predicted molar refractivity (Wildman–Crippen MR) is 83.7 cm³/mol. The summed E-state index contributed by atoms with van der Waals surface area (Å²) < 4.78 is 20.9.